The molecule has 0 saturated carbocycles. The zero-order valence-corrected chi connectivity index (χ0v) is 12.5. The monoisotopic (exact) mass is 349 g/mol. The molecule has 1 aromatic carbocycles. The van der Waals surface area contributed by atoms with Gasteiger partial charge in [-0.05, 0) is 51.8 Å². The minimum absolute atomic E-state index is 0.341. The van der Waals surface area contributed by atoms with Crippen LogP contribution in [0.15, 0.2) is 51.7 Å². The minimum Gasteiger partial charge on any atom is -0.380 e. The first-order chi connectivity index (χ1) is 9.66. The van der Waals surface area contributed by atoms with Crippen molar-refractivity contribution in [2.45, 2.75) is 0 Å². The molecule has 4 nitrogen and oxygen atoms in total. The van der Waals surface area contributed by atoms with Crippen LogP contribution in [0, 0.1) is 0 Å². The molecule has 0 spiro atoms. The Hall–Kier alpha value is -1.85. The van der Waals surface area contributed by atoms with Crippen LogP contribution >= 0.6 is 27.5 Å². The quantitative estimate of drug-likeness (QED) is 0.744. The van der Waals surface area contributed by atoms with Crippen LogP contribution in [-0.2, 0) is 0 Å². The Bertz CT molecular complexity index is 758. The fourth-order valence-corrected chi connectivity index (χ4v) is 2.82. The molecule has 2 heterocycles. The fraction of sp³-hybridized carbons (Fsp3) is 0. The van der Waals surface area contributed by atoms with Gasteiger partial charge in [0, 0.05) is 27.5 Å². The number of nitrogens with two attached hydrogens (primary N) is 1. The number of anilines is 1. The Labute approximate surface area is 128 Å². The van der Waals surface area contributed by atoms with Crippen molar-refractivity contribution in [2.24, 2.45) is 0 Å². The van der Waals surface area contributed by atoms with E-state index < -0.39 is 0 Å². The highest BCUT2D eigenvalue weighted by Gasteiger charge is 2.19. The van der Waals surface area contributed by atoms with Crippen molar-refractivity contribution >= 4 is 33.3 Å². The van der Waals surface area contributed by atoms with Crippen molar-refractivity contribution in [3.63, 3.8) is 0 Å². The SMILES string of the molecule is Nc1noc(-c2ccc(Cl)cc2Br)c1-c1ccncc1. The normalized spacial score (nSPS) is 10.7. The first kappa shape index (κ1) is 13.1. The van der Waals surface area contributed by atoms with Gasteiger partial charge in [0.05, 0.1) is 5.56 Å². The molecule has 0 aliphatic rings. The molecular weight excluding hydrogens is 342 g/mol. The molecule has 20 heavy (non-hydrogen) atoms. The Morgan fingerprint density at radius 1 is 1.15 bits per heavy atom. The Morgan fingerprint density at radius 3 is 2.60 bits per heavy atom. The van der Waals surface area contributed by atoms with Crippen LogP contribution in [0.5, 0.6) is 0 Å². The van der Waals surface area contributed by atoms with E-state index in [0.717, 1.165) is 21.2 Å². The van der Waals surface area contributed by atoms with Crippen LogP contribution in [0.25, 0.3) is 22.5 Å². The number of hydrogen-bond donors (Lipinski definition) is 1. The van der Waals surface area contributed by atoms with Crippen molar-refractivity contribution < 1.29 is 4.52 Å². The number of aromatic nitrogens is 2. The van der Waals surface area contributed by atoms with Crippen LogP contribution < -0.4 is 5.73 Å². The van der Waals surface area contributed by atoms with Crippen LogP contribution in [0.2, 0.25) is 5.02 Å². The largest absolute Gasteiger partial charge is 0.380 e. The molecule has 6 heteroatoms. The molecular formula is C14H9BrClN3O. The lowest BCUT2D eigenvalue weighted by Gasteiger charge is -2.05. The predicted molar refractivity (Wildman–Crippen MR) is 82.3 cm³/mol. The number of benzene rings is 1. The van der Waals surface area contributed by atoms with E-state index in [9.17, 15) is 0 Å². The minimum atomic E-state index is 0.341. The number of pyridine rings is 1. The third-order valence-corrected chi connectivity index (χ3v) is 3.75. The highest BCUT2D eigenvalue weighted by molar-refractivity contribution is 9.10. The first-order valence-electron chi connectivity index (χ1n) is 5.78. The van der Waals surface area contributed by atoms with Gasteiger partial charge in [-0.1, -0.05) is 16.8 Å². The smallest absolute Gasteiger partial charge is 0.178 e. The van der Waals surface area contributed by atoms with Crippen molar-refractivity contribution in [2.75, 3.05) is 5.73 Å². The highest BCUT2D eigenvalue weighted by atomic mass is 79.9. The summed E-state index contributed by atoms with van der Waals surface area (Å²) < 4.78 is 6.20. The zero-order chi connectivity index (χ0) is 14.1. The lowest BCUT2D eigenvalue weighted by atomic mass is 10.0. The van der Waals surface area contributed by atoms with Gasteiger partial charge in [0.25, 0.3) is 0 Å². The van der Waals surface area contributed by atoms with Gasteiger partial charge in [0.2, 0.25) is 0 Å². The topological polar surface area (TPSA) is 64.9 Å². The molecule has 2 N–H and O–H groups in total. The zero-order valence-electron chi connectivity index (χ0n) is 10.2. The lowest BCUT2D eigenvalue weighted by Crippen LogP contribution is -1.89. The maximum Gasteiger partial charge on any atom is 0.178 e. The van der Waals surface area contributed by atoms with Crippen LogP contribution in [0.3, 0.4) is 0 Å². The van der Waals surface area contributed by atoms with Crippen molar-refractivity contribution in [1.82, 2.24) is 10.1 Å². The molecule has 0 fully saturated rings. The third kappa shape index (κ3) is 2.30. The summed E-state index contributed by atoms with van der Waals surface area (Å²) in [5, 5.41) is 4.50. The molecule has 0 aliphatic heterocycles. The maximum atomic E-state index is 5.96. The summed E-state index contributed by atoms with van der Waals surface area (Å²) >= 11 is 9.43. The number of hydrogen-bond acceptors (Lipinski definition) is 4. The van der Waals surface area contributed by atoms with E-state index in [1.165, 1.54) is 0 Å². The van der Waals surface area contributed by atoms with Crippen LogP contribution in [-0.4, -0.2) is 10.1 Å². The fourth-order valence-electron chi connectivity index (χ4n) is 1.96. The summed E-state index contributed by atoms with van der Waals surface area (Å²) in [6, 6.07) is 9.16. The lowest BCUT2D eigenvalue weighted by molar-refractivity contribution is 0.436. The maximum absolute atomic E-state index is 5.96. The Balaban J connectivity index is 2.21. The van der Waals surface area contributed by atoms with E-state index >= 15 is 0 Å². The van der Waals surface area contributed by atoms with Crippen molar-refractivity contribution in [3.8, 4) is 22.5 Å². The molecule has 0 unspecified atom stereocenters. The molecule has 0 saturated heterocycles. The van der Waals surface area contributed by atoms with Gasteiger partial charge in [-0.3, -0.25) is 4.98 Å². The summed E-state index contributed by atoms with van der Waals surface area (Å²) in [7, 11) is 0. The van der Waals surface area contributed by atoms with Crippen molar-refractivity contribution in [3.05, 3.63) is 52.2 Å². The molecule has 100 valence electrons. The molecule has 3 aromatic rings. The van der Waals surface area contributed by atoms with Gasteiger partial charge in [-0.25, -0.2) is 0 Å². The van der Waals surface area contributed by atoms with Gasteiger partial charge in [-0.2, -0.15) is 0 Å². The molecule has 3 rings (SSSR count). The molecule has 2 aromatic heterocycles. The summed E-state index contributed by atoms with van der Waals surface area (Å²) in [5.74, 6) is 0.935. The van der Waals surface area contributed by atoms with Gasteiger partial charge < -0.3 is 10.3 Å². The van der Waals surface area contributed by atoms with Gasteiger partial charge in [0.1, 0.15) is 0 Å². The second-order valence-electron chi connectivity index (χ2n) is 4.13. The second kappa shape index (κ2) is 5.26. The Morgan fingerprint density at radius 2 is 1.90 bits per heavy atom. The third-order valence-electron chi connectivity index (χ3n) is 2.86. The van der Waals surface area contributed by atoms with Gasteiger partial charge in [-0.15, -0.1) is 0 Å². The highest BCUT2D eigenvalue weighted by Crippen LogP contribution is 2.39. The van der Waals surface area contributed by atoms with E-state index in [2.05, 4.69) is 26.1 Å². The summed E-state index contributed by atoms with van der Waals surface area (Å²) in [4.78, 5) is 4.00. The average Bonchev–Trinajstić information content (AvgIpc) is 2.81. The number of nitrogens with zero attached hydrogens (tertiary/aromatic N) is 2. The standard InChI is InChI=1S/C14H9BrClN3O/c15-11-7-9(16)1-2-10(11)13-12(14(17)19-20-13)8-3-5-18-6-4-8/h1-7H,(H2,17,19). The van der Waals surface area contributed by atoms with Crippen LogP contribution in [0.1, 0.15) is 0 Å². The van der Waals surface area contributed by atoms with E-state index in [1.54, 1.807) is 24.5 Å². The van der Waals surface area contributed by atoms with E-state index in [0.29, 0.717) is 16.6 Å². The van der Waals surface area contributed by atoms with Gasteiger partial charge in [0.15, 0.2) is 11.6 Å². The van der Waals surface area contributed by atoms with E-state index in [-0.39, 0.29) is 0 Å². The van der Waals surface area contributed by atoms with Crippen molar-refractivity contribution in [1.29, 1.82) is 0 Å². The second-order valence-corrected chi connectivity index (χ2v) is 5.42. The Kier molecular flexibility index (Phi) is 3.46. The first-order valence-corrected chi connectivity index (χ1v) is 6.95. The molecule has 0 radical (unpaired) electrons. The summed E-state index contributed by atoms with van der Waals surface area (Å²) in [6.07, 6.45) is 3.39. The van der Waals surface area contributed by atoms with Gasteiger partial charge >= 0.3 is 0 Å². The summed E-state index contributed by atoms with van der Waals surface area (Å²) in [6.45, 7) is 0. The summed E-state index contributed by atoms with van der Waals surface area (Å²) in [5.41, 5.74) is 8.41. The van der Waals surface area contributed by atoms with Crippen LogP contribution in [0.4, 0.5) is 5.82 Å². The van der Waals surface area contributed by atoms with E-state index in [4.69, 9.17) is 21.9 Å². The molecule has 0 atom stereocenters. The number of rotatable bonds is 2. The predicted octanol–water partition coefficient (Wildman–Crippen LogP) is 4.40. The number of nitrogen functional groups attached to an aromatic ring is 1. The molecule has 0 amide bonds. The van der Waals surface area contributed by atoms with E-state index in [1.807, 2.05) is 18.2 Å². The average molecular weight is 351 g/mol. The molecule has 0 aliphatic carbocycles. The molecule has 0 bridgehead atoms. The number of halogens is 2.